The van der Waals surface area contributed by atoms with Crippen LogP contribution in [0.15, 0.2) is 57.2 Å². The molecule has 0 aromatic heterocycles. The molecule has 0 bridgehead atoms. The van der Waals surface area contributed by atoms with E-state index in [1.54, 1.807) is 31.9 Å². The van der Waals surface area contributed by atoms with Gasteiger partial charge in [0.05, 0.1) is 28.8 Å². The normalized spacial score (nSPS) is 16.9. The lowest BCUT2D eigenvalue weighted by atomic mass is 9.94. The summed E-state index contributed by atoms with van der Waals surface area (Å²) >= 11 is 1.64. The first-order chi connectivity index (χ1) is 19.7. The number of esters is 1. The molecule has 1 unspecified atom stereocenters. The molecule has 0 spiro atoms. The van der Waals surface area contributed by atoms with Gasteiger partial charge in [-0.1, -0.05) is 57.0 Å². The molecule has 0 N–H and O–H groups in total. The number of benzene rings is 2. The average Bonchev–Trinajstić information content (AvgIpc) is 2.97. The van der Waals surface area contributed by atoms with Crippen LogP contribution in [-0.4, -0.2) is 70.5 Å². The summed E-state index contributed by atoms with van der Waals surface area (Å²) in [4.78, 5) is 19.6. The second-order valence-electron chi connectivity index (χ2n) is 11.6. The van der Waals surface area contributed by atoms with Gasteiger partial charge in [-0.05, 0) is 88.0 Å². The Labute approximate surface area is 251 Å². The molecule has 0 saturated carbocycles. The van der Waals surface area contributed by atoms with Crippen molar-refractivity contribution in [3.05, 3.63) is 42.5 Å². The first kappa shape index (κ1) is 31.9. The van der Waals surface area contributed by atoms with E-state index in [2.05, 4.69) is 34.9 Å². The molecule has 0 radical (unpaired) electrons. The van der Waals surface area contributed by atoms with Gasteiger partial charge >= 0.3 is 5.97 Å². The molecule has 2 heterocycles. The zero-order valence-corrected chi connectivity index (χ0v) is 26.8. The van der Waals surface area contributed by atoms with Crippen LogP contribution < -0.4 is 4.90 Å². The summed E-state index contributed by atoms with van der Waals surface area (Å²) in [6.07, 6.45) is 8.67. The van der Waals surface area contributed by atoms with Gasteiger partial charge in [0.2, 0.25) is 10.0 Å². The molecule has 0 amide bonds. The summed E-state index contributed by atoms with van der Waals surface area (Å²) in [5.74, 6) is 0.599. The molecule has 2 aromatic carbocycles. The second kappa shape index (κ2) is 14.9. The number of hydrogen-bond donors (Lipinski definition) is 0. The van der Waals surface area contributed by atoms with Crippen LogP contribution in [-0.2, 0) is 19.6 Å². The van der Waals surface area contributed by atoms with Gasteiger partial charge in [0.15, 0.2) is 0 Å². The van der Waals surface area contributed by atoms with E-state index >= 15 is 0 Å². The minimum Gasteiger partial charge on any atom is -0.465 e. The van der Waals surface area contributed by atoms with E-state index < -0.39 is 10.0 Å². The molecule has 2 aliphatic heterocycles. The summed E-state index contributed by atoms with van der Waals surface area (Å²) in [7, 11) is -0.355. The summed E-state index contributed by atoms with van der Waals surface area (Å²) in [6.45, 7) is 8.79. The standard InChI is InChI=1S/C32H47N3O4S2/c1-5-6-7-11-25(2)32(36)39-23-18-26-16-21-34(22-17-26)19-10-20-35-28-12-8-9-13-30(28)40-31-24-27(14-15-29(31)35)41(37,38)33(3)4/h8-9,12-15,24-26H,5-7,10-11,16-23H2,1-4H3. The van der Waals surface area contributed by atoms with Gasteiger partial charge in [0, 0.05) is 30.4 Å². The van der Waals surface area contributed by atoms with Gasteiger partial charge in [0.1, 0.15) is 0 Å². The number of sulfonamides is 1. The van der Waals surface area contributed by atoms with Crippen LogP contribution in [0.4, 0.5) is 11.4 Å². The van der Waals surface area contributed by atoms with Crippen molar-refractivity contribution >= 4 is 39.1 Å². The maximum atomic E-state index is 12.7. The van der Waals surface area contributed by atoms with E-state index in [0.29, 0.717) is 17.4 Å². The number of likely N-dealkylation sites (tertiary alicyclic amines) is 1. The summed E-state index contributed by atoms with van der Waals surface area (Å²) in [5, 5.41) is 0. The Morgan fingerprint density at radius 1 is 1.02 bits per heavy atom. The minimum atomic E-state index is -3.49. The summed E-state index contributed by atoms with van der Waals surface area (Å²) in [6, 6.07) is 13.9. The van der Waals surface area contributed by atoms with Crippen molar-refractivity contribution in [1.29, 1.82) is 0 Å². The van der Waals surface area contributed by atoms with Crippen LogP contribution in [0.1, 0.15) is 65.2 Å². The smallest absolute Gasteiger partial charge is 0.308 e. The number of fused-ring (bicyclic) bond motifs is 2. The minimum absolute atomic E-state index is 0.00830. The quantitative estimate of drug-likeness (QED) is 0.174. The monoisotopic (exact) mass is 601 g/mol. The Morgan fingerprint density at radius 2 is 1.76 bits per heavy atom. The molecule has 9 heteroatoms. The summed E-state index contributed by atoms with van der Waals surface area (Å²) in [5.41, 5.74) is 2.25. The van der Waals surface area contributed by atoms with E-state index in [-0.39, 0.29) is 11.9 Å². The Kier molecular flexibility index (Phi) is 11.6. The van der Waals surface area contributed by atoms with Gasteiger partial charge < -0.3 is 14.5 Å². The van der Waals surface area contributed by atoms with Crippen molar-refractivity contribution in [2.24, 2.45) is 11.8 Å². The number of para-hydroxylation sites is 1. The number of ether oxygens (including phenoxy) is 1. The highest BCUT2D eigenvalue weighted by Gasteiger charge is 2.27. The topological polar surface area (TPSA) is 70.2 Å². The van der Waals surface area contributed by atoms with E-state index in [1.165, 1.54) is 22.8 Å². The second-order valence-corrected chi connectivity index (χ2v) is 14.9. The fourth-order valence-electron chi connectivity index (χ4n) is 5.66. The van der Waals surface area contributed by atoms with Crippen molar-refractivity contribution in [2.45, 2.75) is 79.9 Å². The van der Waals surface area contributed by atoms with Gasteiger partial charge in [-0.25, -0.2) is 12.7 Å². The highest BCUT2D eigenvalue weighted by atomic mass is 32.2. The number of unbranched alkanes of at least 4 members (excludes halogenated alkanes) is 2. The molecule has 2 aromatic rings. The maximum absolute atomic E-state index is 12.7. The fraction of sp³-hybridized carbons (Fsp3) is 0.594. The molecular weight excluding hydrogens is 555 g/mol. The van der Waals surface area contributed by atoms with Crippen LogP contribution in [0, 0.1) is 11.8 Å². The van der Waals surface area contributed by atoms with E-state index in [0.717, 1.165) is 80.2 Å². The molecule has 4 rings (SSSR count). The lowest BCUT2D eigenvalue weighted by Gasteiger charge is -2.35. The zero-order valence-electron chi connectivity index (χ0n) is 25.2. The molecule has 41 heavy (non-hydrogen) atoms. The predicted octanol–water partition coefficient (Wildman–Crippen LogP) is 6.79. The molecule has 2 aliphatic rings. The van der Waals surface area contributed by atoms with E-state index in [1.807, 2.05) is 25.1 Å². The van der Waals surface area contributed by atoms with Crippen molar-refractivity contribution in [1.82, 2.24) is 9.21 Å². The predicted molar refractivity (Wildman–Crippen MR) is 168 cm³/mol. The molecule has 1 fully saturated rings. The number of rotatable bonds is 14. The zero-order chi connectivity index (χ0) is 29.4. The van der Waals surface area contributed by atoms with Gasteiger partial charge in [-0.2, -0.15) is 0 Å². The highest BCUT2D eigenvalue weighted by molar-refractivity contribution is 7.99. The van der Waals surface area contributed by atoms with E-state index in [9.17, 15) is 13.2 Å². The third kappa shape index (κ3) is 8.27. The molecule has 0 aliphatic carbocycles. The van der Waals surface area contributed by atoms with Gasteiger partial charge in [0.25, 0.3) is 0 Å². The van der Waals surface area contributed by atoms with Crippen molar-refractivity contribution in [2.75, 3.05) is 51.8 Å². The van der Waals surface area contributed by atoms with Crippen molar-refractivity contribution in [3.63, 3.8) is 0 Å². The maximum Gasteiger partial charge on any atom is 0.308 e. The molecule has 1 atom stereocenters. The number of anilines is 2. The number of hydrogen-bond acceptors (Lipinski definition) is 7. The number of carbonyl (C=O) groups excluding carboxylic acids is 1. The lowest BCUT2D eigenvalue weighted by Crippen LogP contribution is -2.36. The van der Waals surface area contributed by atoms with Crippen LogP contribution in [0.2, 0.25) is 0 Å². The van der Waals surface area contributed by atoms with Crippen LogP contribution in [0.25, 0.3) is 0 Å². The number of nitrogens with zero attached hydrogens (tertiary/aromatic N) is 3. The van der Waals surface area contributed by atoms with Crippen molar-refractivity contribution < 1.29 is 17.9 Å². The third-order valence-electron chi connectivity index (χ3n) is 8.35. The van der Waals surface area contributed by atoms with E-state index in [4.69, 9.17) is 4.74 Å². The Balaban J connectivity index is 1.26. The number of carbonyl (C=O) groups is 1. The number of piperidine rings is 1. The lowest BCUT2D eigenvalue weighted by molar-refractivity contribution is -0.148. The molecule has 1 saturated heterocycles. The van der Waals surface area contributed by atoms with Gasteiger partial charge in [-0.3, -0.25) is 4.79 Å². The Hall–Kier alpha value is -2.07. The highest BCUT2D eigenvalue weighted by Crippen LogP contribution is 2.48. The van der Waals surface area contributed by atoms with Crippen molar-refractivity contribution in [3.8, 4) is 0 Å². The van der Waals surface area contributed by atoms with Crippen LogP contribution in [0.3, 0.4) is 0 Å². The molecule has 226 valence electrons. The first-order valence-corrected chi connectivity index (χ1v) is 17.5. The third-order valence-corrected chi connectivity index (χ3v) is 11.3. The Morgan fingerprint density at radius 3 is 2.49 bits per heavy atom. The molecule has 7 nitrogen and oxygen atoms in total. The SMILES string of the molecule is CCCCCC(C)C(=O)OCCC1CCN(CCCN2c3ccccc3Sc3cc(S(=O)(=O)N(C)C)ccc32)CC1. The first-order valence-electron chi connectivity index (χ1n) is 15.2. The Bertz CT molecular complexity index is 1260. The fourth-order valence-corrected chi connectivity index (χ4v) is 7.80. The van der Waals surface area contributed by atoms with Gasteiger partial charge in [-0.15, -0.1) is 0 Å². The molecular formula is C32H47N3O4S2. The summed E-state index contributed by atoms with van der Waals surface area (Å²) < 4.78 is 32.4. The van der Waals surface area contributed by atoms with Crippen LogP contribution >= 0.6 is 11.8 Å². The largest absolute Gasteiger partial charge is 0.465 e. The van der Waals surface area contributed by atoms with Crippen LogP contribution in [0.5, 0.6) is 0 Å². The average molecular weight is 602 g/mol.